The van der Waals surface area contributed by atoms with E-state index in [0.29, 0.717) is 119 Å². The molecule has 1 aromatic carbocycles. The summed E-state index contributed by atoms with van der Waals surface area (Å²) in [6.45, 7) is 4.04. The molecule has 0 bridgehead atoms. The Bertz CT molecular complexity index is 2640. The predicted octanol–water partition coefficient (Wildman–Crippen LogP) is 7.42. The molecule has 0 spiro atoms. The number of nitrogens with one attached hydrogen (secondary N) is 2. The smallest absolute Gasteiger partial charge is 0.412 e. The van der Waals surface area contributed by atoms with E-state index in [1.165, 1.54) is 4.68 Å². The molecular weight excluding hydrogens is 877 g/mol. The van der Waals surface area contributed by atoms with Gasteiger partial charge in [0.15, 0.2) is 11.5 Å². The average Bonchev–Trinajstić information content (AvgIpc) is 3.87. The molecule has 3 aliphatic rings. The molecule has 4 aromatic heterocycles. The van der Waals surface area contributed by atoms with Crippen LogP contribution in [0.5, 0.6) is 11.5 Å². The van der Waals surface area contributed by atoms with Crippen LogP contribution in [0, 0.1) is 24.7 Å². The van der Waals surface area contributed by atoms with Crippen LogP contribution < -0.4 is 20.1 Å². The molecule has 2 amide bonds. The van der Waals surface area contributed by atoms with Crippen molar-refractivity contribution in [2.24, 2.45) is 31.8 Å². The van der Waals surface area contributed by atoms with Gasteiger partial charge in [0.1, 0.15) is 29.5 Å². The Morgan fingerprint density at radius 2 is 1.43 bits per heavy atom. The fourth-order valence-corrected chi connectivity index (χ4v) is 9.00. The standard InChI is InChI=1S/C48H58N10O10/c1-5-36-39(67-33-16-8-14-31(21-33)45(59)60)19-18-37(51-36)42-38(57(3)55-53-42)24-49-47(63)65-26-29-12-7-13-30(20-29)35-23-40(68-34-17-9-15-32(22-34)46(61)62)27(2)50-41(35)43-44(58(4)56-54-43)52-48(64)66-25-28-10-6-11-28/h7,12-13,18-20,23,28,31-34H,5-6,8-11,14-17,21-22,24-26H2,1-4H3,(H,49,63)(H,52,64)(H,59,60)(H,61,62)/t31-,32-,33-,34-/m0/s1. The zero-order valence-corrected chi connectivity index (χ0v) is 38.8. The van der Waals surface area contributed by atoms with Gasteiger partial charge in [-0.25, -0.2) is 28.9 Å². The van der Waals surface area contributed by atoms with Crippen molar-refractivity contribution in [3.05, 3.63) is 65.1 Å². The van der Waals surface area contributed by atoms with E-state index in [2.05, 4.69) is 31.3 Å². The van der Waals surface area contributed by atoms with Gasteiger partial charge in [0.05, 0.1) is 60.0 Å². The highest BCUT2D eigenvalue weighted by Gasteiger charge is 2.31. The van der Waals surface area contributed by atoms with Gasteiger partial charge >= 0.3 is 24.1 Å². The van der Waals surface area contributed by atoms with Gasteiger partial charge in [-0.15, -0.1) is 10.2 Å². The quantitative estimate of drug-likeness (QED) is 0.0707. The number of carbonyl (C=O) groups excluding carboxylic acids is 2. The van der Waals surface area contributed by atoms with Gasteiger partial charge in [0, 0.05) is 19.7 Å². The number of anilines is 1. The first-order valence-electron chi connectivity index (χ1n) is 23.4. The van der Waals surface area contributed by atoms with Gasteiger partial charge in [-0.2, -0.15) is 0 Å². The highest BCUT2D eigenvalue weighted by molar-refractivity contribution is 5.91. The Morgan fingerprint density at radius 3 is 2.10 bits per heavy atom. The molecule has 4 N–H and O–H groups in total. The van der Waals surface area contributed by atoms with E-state index in [-0.39, 0.29) is 31.2 Å². The van der Waals surface area contributed by atoms with Crippen molar-refractivity contribution in [3.8, 4) is 45.4 Å². The number of pyridine rings is 2. The third kappa shape index (κ3) is 11.2. The maximum Gasteiger partial charge on any atom is 0.412 e. The van der Waals surface area contributed by atoms with Crippen LogP contribution >= 0.6 is 0 Å². The molecule has 0 saturated heterocycles. The minimum atomic E-state index is -0.838. The summed E-state index contributed by atoms with van der Waals surface area (Å²) in [4.78, 5) is 59.6. The molecule has 20 heteroatoms. The molecule has 3 saturated carbocycles. The van der Waals surface area contributed by atoms with Crippen molar-refractivity contribution in [2.75, 3.05) is 11.9 Å². The molecule has 3 fully saturated rings. The fourth-order valence-electron chi connectivity index (χ4n) is 9.00. The number of nitrogens with zero attached hydrogens (tertiary/aromatic N) is 8. The van der Waals surface area contributed by atoms with Gasteiger partial charge in [-0.1, -0.05) is 42.0 Å². The first-order chi connectivity index (χ1) is 32.8. The Balaban J connectivity index is 0.977. The number of aryl methyl sites for hydroxylation is 4. The molecule has 0 aliphatic heterocycles. The number of hydrogen-bond donors (Lipinski definition) is 4. The number of carbonyl (C=O) groups is 4. The Morgan fingerprint density at radius 1 is 0.750 bits per heavy atom. The number of carboxylic acids is 2. The molecule has 360 valence electrons. The van der Waals surface area contributed by atoms with Crippen molar-refractivity contribution in [2.45, 2.75) is 116 Å². The lowest BCUT2D eigenvalue weighted by Gasteiger charge is -2.28. The monoisotopic (exact) mass is 934 g/mol. The van der Waals surface area contributed by atoms with Crippen LogP contribution in [0.25, 0.3) is 33.9 Å². The second-order valence-corrected chi connectivity index (χ2v) is 17.9. The van der Waals surface area contributed by atoms with E-state index in [1.807, 2.05) is 43.3 Å². The van der Waals surface area contributed by atoms with Gasteiger partial charge in [0.25, 0.3) is 0 Å². The summed E-state index contributed by atoms with van der Waals surface area (Å²) < 4.78 is 27.0. The van der Waals surface area contributed by atoms with Crippen molar-refractivity contribution in [1.29, 1.82) is 0 Å². The van der Waals surface area contributed by atoms with Crippen LogP contribution in [0.2, 0.25) is 0 Å². The second-order valence-electron chi connectivity index (χ2n) is 17.9. The zero-order chi connectivity index (χ0) is 47.9. The zero-order valence-electron chi connectivity index (χ0n) is 38.8. The maximum absolute atomic E-state index is 13.3. The highest BCUT2D eigenvalue weighted by atomic mass is 16.6. The first-order valence-corrected chi connectivity index (χ1v) is 23.4. The highest BCUT2D eigenvalue weighted by Crippen LogP contribution is 2.39. The van der Waals surface area contributed by atoms with Gasteiger partial charge in [0.2, 0.25) is 0 Å². The molecule has 68 heavy (non-hydrogen) atoms. The Labute approximate surface area is 393 Å². The van der Waals surface area contributed by atoms with Gasteiger partial charge < -0.3 is 34.5 Å². The number of amides is 2. The topological polar surface area (TPSA) is 257 Å². The number of aromatic nitrogens is 8. The van der Waals surface area contributed by atoms with Crippen LogP contribution in [0.3, 0.4) is 0 Å². The largest absolute Gasteiger partial charge is 0.488 e. The average molecular weight is 935 g/mol. The first kappa shape index (κ1) is 47.4. The summed E-state index contributed by atoms with van der Waals surface area (Å²) >= 11 is 0. The van der Waals surface area contributed by atoms with Crippen molar-refractivity contribution in [3.63, 3.8) is 0 Å². The number of alkyl carbamates (subject to hydrolysis) is 1. The van der Waals surface area contributed by atoms with Crippen molar-refractivity contribution < 1.29 is 48.3 Å². The van der Waals surface area contributed by atoms with Crippen LogP contribution in [0.15, 0.2) is 42.5 Å². The second kappa shape index (κ2) is 21.2. The number of hydrogen-bond acceptors (Lipinski definition) is 14. The molecule has 5 aromatic rings. The summed E-state index contributed by atoms with van der Waals surface area (Å²) in [6, 6.07) is 12.8. The maximum atomic E-state index is 13.3. The number of benzene rings is 1. The Hall–Kier alpha value is -7.12. The number of rotatable bonds is 17. The summed E-state index contributed by atoms with van der Waals surface area (Å²) in [5.74, 6) is -0.838. The summed E-state index contributed by atoms with van der Waals surface area (Å²) in [5.41, 5.74) is 5.49. The van der Waals surface area contributed by atoms with E-state index in [4.69, 9.17) is 28.9 Å². The lowest BCUT2D eigenvalue weighted by molar-refractivity contribution is -0.144. The lowest BCUT2D eigenvalue weighted by atomic mass is 9.86. The molecule has 4 heterocycles. The fraction of sp³-hybridized carbons (Fsp3) is 0.500. The molecule has 0 radical (unpaired) electrons. The summed E-state index contributed by atoms with van der Waals surface area (Å²) in [5, 5.41) is 42.1. The summed E-state index contributed by atoms with van der Waals surface area (Å²) in [7, 11) is 3.38. The molecule has 4 atom stereocenters. The van der Waals surface area contributed by atoms with E-state index in [0.717, 1.165) is 38.5 Å². The van der Waals surface area contributed by atoms with Crippen LogP contribution in [0.4, 0.5) is 15.4 Å². The lowest BCUT2D eigenvalue weighted by Crippen LogP contribution is -2.29. The predicted molar refractivity (Wildman–Crippen MR) is 245 cm³/mol. The molecule has 0 unspecified atom stereocenters. The van der Waals surface area contributed by atoms with E-state index in [9.17, 15) is 29.4 Å². The number of ether oxygens (including phenoxy) is 4. The van der Waals surface area contributed by atoms with Crippen LogP contribution in [-0.2, 0) is 52.7 Å². The minimum absolute atomic E-state index is 0.0374. The van der Waals surface area contributed by atoms with Crippen molar-refractivity contribution >= 4 is 29.9 Å². The molecular formula is C48H58N10O10. The summed E-state index contributed by atoms with van der Waals surface area (Å²) in [6.07, 6.45) is 6.96. The third-order valence-corrected chi connectivity index (χ3v) is 13.1. The molecule has 20 nitrogen and oxygen atoms in total. The molecule has 8 rings (SSSR count). The van der Waals surface area contributed by atoms with E-state index >= 15 is 0 Å². The Kier molecular flexibility index (Phi) is 14.8. The van der Waals surface area contributed by atoms with Crippen LogP contribution in [0.1, 0.15) is 100 Å². The SMILES string of the molecule is CCc1nc(-c2nnn(C)c2CNC(=O)OCc2cccc(-c3cc(O[C@H]4CCC[C@H](C(=O)O)C4)c(C)nc3-c3nnn(C)c3NC(=O)OCC3CCC3)c2)ccc1O[C@H]1CCC[C@H](C(=O)O)C1. The van der Waals surface area contributed by atoms with Crippen molar-refractivity contribution in [1.82, 2.24) is 45.3 Å². The number of carboxylic acid groups (broad SMARTS) is 2. The normalized spacial score (nSPS) is 19.4. The van der Waals surface area contributed by atoms with E-state index in [1.54, 1.807) is 31.8 Å². The van der Waals surface area contributed by atoms with Gasteiger partial charge in [-0.05, 0) is 119 Å². The van der Waals surface area contributed by atoms with Crippen LogP contribution in [-0.4, -0.2) is 93.1 Å². The molecule has 3 aliphatic carbocycles. The third-order valence-electron chi connectivity index (χ3n) is 13.1. The minimum Gasteiger partial charge on any atom is -0.488 e. The number of aliphatic carboxylic acids is 2. The van der Waals surface area contributed by atoms with Gasteiger partial charge in [-0.3, -0.25) is 14.9 Å². The van der Waals surface area contributed by atoms with E-state index < -0.39 is 36.0 Å².